The molecule has 2 nitrogen and oxygen atoms in total. The molecule has 1 atom stereocenters. The molecule has 0 radical (unpaired) electrons. The Hall–Kier alpha value is -1.16. The largest absolute Gasteiger partial charge is 0.507 e. The lowest BCUT2D eigenvalue weighted by atomic mass is 9.95. The number of aromatic hydroxyl groups is 1. The van der Waals surface area contributed by atoms with Gasteiger partial charge in [0.15, 0.2) is 0 Å². The monoisotopic (exact) mass is 241 g/mol. The number of benzene rings is 1. The van der Waals surface area contributed by atoms with E-state index < -0.39 is 6.43 Å². The zero-order chi connectivity index (χ0) is 12.4. The van der Waals surface area contributed by atoms with Crippen LogP contribution in [0, 0.1) is 12.8 Å². The Kier molecular flexibility index (Phi) is 3.62. The summed E-state index contributed by atoms with van der Waals surface area (Å²) < 4.78 is 25.5. The van der Waals surface area contributed by atoms with Crippen molar-refractivity contribution in [3.63, 3.8) is 0 Å². The van der Waals surface area contributed by atoms with E-state index in [0.717, 1.165) is 31.5 Å². The van der Waals surface area contributed by atoms with Gasteiger partial charge in [0.25, 0.3) is 6.43 Å². The van der Waals surface area contributed by atoms with Crippen LogP contribution in [0.15, 0.2) is 12.1 Å². The Bertz CT molecular complexity index is 401. The molecule has 1 unspecified atom stereocenters. The van der Waals surface area contributed by atoms with E-state index in [1.807, 2.05) is 0 Å². The first-order chi connectivity index (χ1) is 8.08. The summed E-state index contributed by atoms with van der Waals surface area (Å²) >= 11 is 0. The lowest BCUT2D eigenvalue weighted by Gasteiger charge is -2.13. The van der Waals surface area contributed by atoms with E-state index in [9.17, 15) is 13.9 Å². The van der Waals surface area contributed by atoms with E-state index in [4.69, 9.17) is 0 Å². The molecular formula is C13H17F2NO. The molecule has 1 saturated heterocycles. The quantitative estimate of drug-likeness (QED) is 0.852. The molecule has 1 fully saturated rings. The lowest BCUT2D eigenvalue weighted by Crippen LogP contribution is -2.11. The fraction of sp³-hybridized carbons (Fsp3) is 0.538. The van der Waals surface area contributed by atoms with Crippen LogP contribution in [0.1, 0.15) is 29.5 Å². The molecule has 0 aliphatic carbocycles. The Morgan fingerprint density at radius 3 is 2.82 bits per heavy atom. The number of hydrogen-bond acceptors (Lipinski definition) is 2. The second-order valence-electron chi connectivity index (χ2n) is 4.71. The Labute approximate surface area is 99.7 Å². The fourth-order valence-electron chi connectivity index (χ4n) is 2.39. The van der Waals surface area contributed by atoms with E-state index in [-0.39, 0.29) is 11.3 Å². The molecule has 0 aromatic heterocycles. The molecule has 1 aliphatic heterocycles. The summed E-state index contributed by atoms with van der Waals surface area (Å²) in [6.45, 7) is 3.62. The molecule has 4 heteroatoms. The van der Waals surface area contributed by atoms with Crippen molar-refractivity contribution in [1.29, 1.82) is 0 Å². The second kappa shape index (κ2) is 5.00. The number of hydrogen-bond donors (Lipinski definition) is 2. The van der Waals surface area contributed by atoms with Crippen LogP contribution in [0.3, 0.4) is 0 Å². The maximum absolute atomic E-state index is 12.7. The molecule has 0 amide bonds. The average Bonchev–Trinajstić information content (AvgIpc) is 2.75. The number of rotatable bonds is 3. The van der Waals surface area contributed by atoms with Crippen LogP contribution >= 0.6 is 0 Å². The summed E-state index contributed by atoms with van der Waals surface area (Å²) in [5, 5.41) is 12.8. The predicted octanol–water partition coefficient (Wildman–Crippen LogP) is 2.79. The lowest BCUT2D eigenvalue weighted by molar-refractivity contribution is 0.147. The molecule has 0 spiro atoms. The third-order valence-corrected chi connectivity index (χ3v) is 3.31. The van der Waals surface area contributed by atoms with Gasteiger partial charge in [0.2, 0.25) is 0 Å². The molecule has 1 aliphatic rings. The van der Waals surface area contributed by atoms with Crippen molar-refractivity contribution < 1.29 is 13.9 Å². The first-order valence-corrected chi connectivity index (χ1v) is 5.89. The SMILES string of the molecule is Cc1cc(CC2CCNC2)cc(C(F)F)c1O. The topological polar surface area (TPSA) is 32.3 Å². The first kappa shape index (κ1) is 12.3. The molecule has 1 aromatic carbocycles. The van der Waals surface area contributed by atoms with Crippen molar-refractivity contribution in [2.75, 3.05) is 13.1 Å². The van der Waals surface area contributed by atoms with Gasteiger partial charge in [0.05, 0.1) is 5.56 Å². The van der Waals surface area contributed by atoms with Gasteiger partial charge in [-0.1, -0.05) is 6.07 Å². The predicted molar refractivity (Wildman–Crippen MR) is 62.5 cm³/mol. The van der Waals surface area contributed by atoms with Crippen molar-refractivity contribution in [3.05, 3.63) is 28.8 Å². The maximum Gasteiger partial charge on any atom is 0.267 e. The highest BCUT2D eigenvalue weighted by atomic mass is 19.3. The number of aryl methyl sites for hydroxylation is 1. The van der Waals surface area contributed by atoms with Crippen LogP contribution in [0.4, 0.5) is 8.78 Å². The smallest absolute Gasteiger partial charge is 0.267 e. The van der Waals surface area contributed by atoms with Gasteiger partial charge in [0, 0.05) is 0 Å². The standard InChI is InChI=1S/C13H17F2NO/c1-8-4-10(5-9-2-3-16-7-9)6-11(12(8)17)13(14)15/h4,6,9,13,16-17H,2-3,5,7H2,1H3. The van der Waals surface area contributed by atoms with E-state index in [2.05, 4.69) is 5.32 Å². The molecule has 2 N–H and O–H groups in total. The zero-order valence-electron chi connectivity index (χ0n) is 9.84. The van der Waals surface area contributed by atoms with E-state index in [1.54, 1.807) is 13.0 Å². The van der Waals surface area contributed by atoms with Crippen molar-refractivity contribution in [2.45, 2.75) is 26.2 Å². The third-order valence-electron chi connectivity index (χ3n) is 3.31. The molecule has 0 bridgehead atoms. The van der Waals surface area contributed by atoms with E-state index in [1.165, 1.54) is 6.07 Å². The van der Waals surface area contributed by atoms with Crippen LogP contribution < -0.4 is 5.32 Å². The number of alkyl halides is 2. The van der Waals surface area contributed by atoms with Gasteiger partial charge in [-0.2, -0.15) is 0 Å². The molecule has 94 valence electrons. The van der Waals surface area contributed by atoms with Crippen LogP contribution in [0.5, 0.6) is 5.75 Å². The molecule has 1 aromatic rings. The van der Waals surface area contributed by atoms with Gasteiger partial charge in [0.1, 0.15) is 5.75 Å². The molecule has 2 rings (SSSR count). The summed E-state index contributed by atoms with van der Waals surface area (Å²) in [6.07, 6.45) is -0.729. The zero-order valence-corrected chi connectivity index (χ0v) is 9.84. The van der Waals surface area contributed by atoms with E-state index in [0.29, 0.717) is 11.5 Å². The second-order valence-corrected chi connectivity index (χ2v) is 4.71. The van der Waals surface area contributed by atoms with Gasteiger partial charge in [-0.25, -0.2) is 8.78 Å². The number of halogens is 2. The first-order valence-electron chi connectivity index (χ1n) is 5.89. The van der Waals surface area contributed by atoms with Crippen molar-refractivity contribution in [1.82, 2.24) is 5.32 Å². The minimum absolute atomic E-state index is 0.244. The van der Waals surface area contributed by atoms with Crippen LogP contribution in [-0.4, -0.2) is 18.2 Å². The van der Waals surface area contributed by atoms with Gasteiger partial charge in [-0.05, 0) is 56.0 Å². The summed E-state index contributed by atoms with van der Waals surface area (Å²) in [5.74, 6) is 0.248. The highest BCUT2D eigenvalue weighted by Crippen LogP contribution is 2.33. The Morgan fingerprint density at radius 1 is 1.47 bits per heavy atom. The van der Waals surface area contributed by atoms with Crippen LogP contribution in [-0.2, 0) is 6.42 Å². The summed E-state index contributed by atoms with van der Waals surface area (Å²) in [7, 11) is 0. The highest BCUT2D eigenvalue weighted by molar-refractivity contribution is 5.43. The van der Waals surface area contributed by atoms with Crippen molar-refractivity contribution >= 4 is 0 Å². The van der Waals surface area contributed by atoms with Crippen molar-refractivity contribution in [2.24, 2.45) is 5.92 Å². The van der Waals surface area contributed by atoms with Gasteiger partial charge in [-0.15, -0.1) is 0 Å². The maximum atomic E-state index is 12.7. The molecule has 17 heavy (non-hydrogen) atoms. The van der Waals surface area contributed by atoms with Gasteiger partial charge in [-0.3, -0.25) is 0 Å². The van der Waals surface area contributed by atoms with Crippen LogP contribution in [0.25, 0.3) is 0 Å². The number of phenolic OH excluding ortho intramolecular Hbond substituents is 1. The number of nitrogens with one attached hydrogen (secondary N) is 1. The Balaban J connectivity index is 2.22. The fourth-order valence-corrected chi connectivity index (χ4v) is 2.39. The molecule has 0 saturated carbocycles. The number of phenols is 1. The molecular weight excluding hydrogens is 224 g/mol. The van der Waals surface area contributed by atoms with Gasteiger partial charge < -0.3 is 10.4 Å². The normalized spacial score (nSPS) is 20.1. The Morgan fingerprint density at radius 2 is 2.24 bits per heavy atom. The highest BCUT2D eigenvalue weighted by Gasteiger charge is 2.19. The minimum atomic E-state index is -2.62. The third kappa shape index (κ3) is 2.75. The van der Waals surface area contributed by atoms with Gasteiger partial charge >= 0.3 is 0 Å². The van der Waals surface area contributed by atoms with Crippen molar-refractivity contribution in [3.8, 4) is 5.75 Å². The summed E-state index contributed by atoms with van der Waals surface area (Å²) in [5.41, 5.74) is 1.18. The summed E-state index contributed by atoms with van der Waals surface area (Å²) in [4.78, 5) is 0. The molecule has 1 heterocycles. The summed E-state index contributed by atoms with van der Waals surface area (Å²) in [6, 6.07) is 3.24. The minimum Gasteiger partial charge on any atom is -0.507 e. The average molecular weight is 241 g/mol. The van der Waals surface area contributed by atoms with E-state index >= 15 is 0 Å². The van der Waals surface area contributed by atoms with Crippen LogP contribution in [0.2, 0.25) is 0 Å².